The zero-order valence-corrected chi connectivity index (χ0v) is 22.0. The summed E-state index contributed by atoms with van der Waals surface area (Å²) < 4.78 is 16.5. The molecular weight excluding hydrogens is 480 g/mol. The van der Waals surface area contributed by atoms with Gasteiger partial charge in [-0.05, 0) is 29.6 Å². The van der Waals surface area contributed by atoms with Crippen LogP contribution in [-0.2, 0) is 14.3 Å². The quantitative estimate of drug-likeness (QED) is 0.485. The van der Waals surface area contributed by atoms with E-state index in [1.54, 1.807) is 30.5 Å². The lowest BCUT2D eigenvalue weighted by Gasteiger charge is -2.31. The number of rotatable bonds is 10. The molecule has 2 aliphatic rings. The van der Waals surface area contributed by atoms with Crippen LogP contribution in [0.15, 0.2) is 40.8 Å². The number of hydrogen-bond donors (Lipinski definition) is 0. The van der Waals surface area contributed by atoms with Crippen LogP contribution in [0.5, 0.6) is 11.5 Å². The number of hydrogen-bond acceptors (Lipinski definition) is 8. The Bertz CT molecular complexity index is 1070. The standard InChI is InChI=1S/C26H34N4O5S/c1-4-25(31)29(10-9-28-11-13-35-14-12-28)18-26(32)30-22(17-21(27-30)24-6-5-15-36-24)20-16-19(33-2)7-8-23(20)34-3/h5-8,15-16,22H,4,9-14,17-18H2,1-3H3/t22-/m0/s1. The molecule has 3 heterocycles. The van der Waals surface area contributed by atoms with Crippen molar-refractivity contribution >= 4 is 28.9 Å². The van der Waals surface area contributed by atoms with Crippen LogP contribution in [-0.4, -0.2) is 92.5 Å². The van der Waals surface area contributed by atoms with E-state index >= 15 is 0 Å². The maximum absolute atomic E-state index is 13.7. The van der Waals surface area contributed by atoms with Crippen LogP contribution in [0.25, 0.3) is 0 Å². The molecule has 1 aromatic heterocycles. The van der Waals surface area contributed by atoms with Crippen LogP contribution in [0.2, 0.25) is 0 Å². The molecule has 2 amide bonds. The van der Waals surface area contributed by atoms with E-state index in [1.165, 1.54) is 5.01 Å². The number of ether oxygens (including phenoxy) is 3. The van der Waals surface area contributed by atoms with Gasteiger partial charge < -0.3 is 19.1 Å². The number of methoxy groups -OCH3 is 2. The highest BCUT2D eigenvalue weighted by Crippen LogP contribution is 2.39. The van der Waals surface area contributed by atoms with Gasteiger partial charge >= 0.3 is 0 Å². The molecule has 10 heteroatoms. The summed E-state index contributed by atoms with van der Waals surface area (Å²) in [5.41, 5.74) is 1.66. The number of nitrogens with zero attached hydrogens (tertiary/aromatic N) is 4. The van der Waals surface area contributed by atoms with Crippen molar-refractivity contribution in [2.24, 2.45) is 5.10 Å². The van der Waals surface area contributed by atoms with Crippen molar-refractivity contribution in [1.82, 2.24) is 14.8 Å². The summed E-state index contributed by atoms with van der Waals surface area (Å²) in [7, 11) is 3.22. The fourth-order valence-corrected chi connectivity index (χ4v) is 5.23. The number of benzene rings is 1. The molecule has 1 saturated heterocycles. The van der Waals surface area contributed by atoms with E-state index in [9.17, 15) is 9.59 Å². The van der Waals surface area contributed by atoms with Crippen molar-refractivity contribution < 1.29 is 23.8 Å². The molecule has 0 N–H and O–H groups in total. The van der Waals surface area contributed by atoms with Gasteiger partial charge in [-0.1, -0.05) is 13.0 Å². The minimum atomic E-state index is -0.363. The molecule has 36 heavy (non-hydrogen) atoms. The first-order valence-corrected chi connectivity index (χ1v) is 13.1. The van der Waals surface area contributed by atoms with E-state index in [0.29, 0.717) is 50.6 Å². The molecular formula is C26H34N4O5S. The second-order valence-corrected chi connectivity index (χ2v) is 9.66. The zero-order valence-electron chi connectivity index (χ0n) is 21.1. The summed E-state index contributed by atoms with van der Waals surface area (Å²) in [5.74, 6) is 1.07. The molecule has 194 valence electrons. The minimum Gasteiger partial charge on any atom is -0.497 e. The molecule has 0 saturated carbocycles. The molecule has 2 aliphatic heterocycles. The van der Waals surface area contributed by atoms with Crippen molar-refractivity contribution in [2.45, 2.75) is 25.8 Å². The average Bonchev–Trinajstić information content (AvgIpc) is 3.61. The number of amides is 2. The smallest absolute Gasteiger partial charge is 0.262 e. The van der Waals surface area contributed by atoms with E-state index in [0.717, 1.165) is 29.2 Å². The molecule has 1 fully saturated rings. The largest absolute Gasteiger partial charge is 0.497 e. The second kappa shape index (κ2) is 12.3. The van der Waals surface area contributed by atoms with Gasteiger partial charge in [0, 0.05) is 44.6 Å². The highest BCUT2D eigenvalue weighted by atomic mass is 32.1. The van der Waals surface area contributed by atoms with Crippen LogP contribution in [0.4, 0.5) is 0 Å². The van der Waals surface area contributed by atoms with Crippen LogP contribution in [0, 0.1) is 0 Å². The van der Waals surface area contributed by atoms with Gasteiger partial charge in [0.25, 0.3) is 5.91 Å². The van der Waals surface area contributed by atoms with E-state index in [1.807, 2.05) is 42.6 Å². The maximum atomic E-state index is 13.7. The number of carbonyl (C=O) groups is 2. The third kappa shape index (κ3) is 6.05. The molecule has 0 spiro atoms. The van der Waals surface area contributed by atoms with E-state index < -0.39 is 0 Å². The molecule has 1 aromatic carbocycles. The van der Waals surface area contributed by atoms with Crippen molar-refractivity contribution in [3.05, 3.63) is 46.2 Å². The lowest BCUT2D eigenvalue weighted by atomic mass is 9.99. The molecule has 0 unspecified atom stereocenters. The molecule has 1 atom stereocenters. The summed E-state index contributed by atoms with van der Waals surface area (Å²) in [6.45, 7) is 6.04. The molecule has 9 nitrogen and oxygen atoms in total. The van der Waals surface area contributed by atoms with Crippen molar-refractivity contribution in [3.8, 4) is 11.5 Å². The van der Waals surface area contributed by atoms with Crippen LogP contribution < -0.4 is 9.47 Å². The molecule has 0 bridgehead atoms. The van der Waals surface area contributed by atoms with Crippen LogP contribution in [0.3, 0.4) is 0 Å². The first-order chi connectivity index (χ1) is 17.5. The first-order valence-electron chi connectivity index (χ1n) is 12.3. The summed E-state index contributed by atoms with van der Waals surface area (Å²) in [4.78, 5) is 31.4. The molecule has 0 radical (unpaired) electrons. The Balaban J connectivity index is 1.58. The normalized spacial score (nSPS) is 18.1. The van der Waals surface area contributed by atoms with Gasteiger partial charge in [0.05, 0.1) is 44.1 Å². The Morgan fingerprint density at radius 1 is 1.19 bits per heavy atom. The fraction of sp³-hybridized carbons (Fsp3) is 0.500. The van der Waals surface area contributed by atoms with Gasteiger partial charge in [-0.15, -0.1) is 11.3 Å². The first kappa shape index (κ1) is 26.1. The Morgan fingerprint density at radius 2 is 2.00 bits per heavy atom. The third-order valence-electron chi connectivity index (χ3n) is 6.54. The fourth-order valence-electron chi connectivity index (χ4n) is 4.51. The maximum Gasteiger partial charge on any atom is 0.262 e. The van der Waals surface area contributed by atoms with Crippen molar-refractivity contribution in [2.75, 3.05) is 60.2 Å². The molecule has 0 aliphatic carbocycles. The van der Waals surface area contributed by atoms with Gasteiger partial charge in [0.15, 0.2) is 0 Å². The van der Waals surface area contributed by atoms with E-state index in [-0.39, 0.29) is 24.4 Å². The number of hydrazone groups is 1. The van der Waals surface area contributed by atoms with Gasteiger partial charge in [0.1, 0.15) is 18.0 Å². The topological polar surface area (TPSA) is 83.9 Å². The van der Waals surface area contributed by atoms with Crippen molar-refractivity contribution in [3.63, 3.8) is 0 Å². The minimum absolute atomic E-state index is 0.0268. The zero-order chi connectivity index (χ0) is 25.5. The van der Waals surface area contributed by atoms with Crippen LogP contribution in [0.1, 0.15) is 36.2 Å². The summed E-state index contributed by atoms with van der Waals surface area (Å²) in [5, 5.41) is 8.28. The van der Waals surface area contributed by atoms with Crippen molar-refractivity contribution in [1.29, 1.82) is 0 Å². The molecule has 2 aromatic rings. The van der Waals surface area contributed by atoms with Gasteiger partial charge in [-0.2, -0.15) is 5.10 Å². The predicted molar refractivity (Wildman–Crippen MR) is 139 cm³/mol. The van der Waals surface area contributed by atoms with E-state index in [2.05, 4.69) is 4.90 Å². The summed E-state index contributed by atoms with van der Waals surface area (Å²) in [6.07, 6.45) is 0.887. The summed E-state index contributed by atoms with van der Waals surface area (Å²) >= 11 is 1.59. The number of carbonyl (C=O) groups excluding carboxylic acids is 2. The number of thiophene rings is 1. The lowest BCUT2D eigenvalue weighted by Crippen LogP contribution is -2.46. The Hall–Kier alpha value is -2.95. The monoisotopic (exact) mass is 514 g/mol. The van der Waals surface area contributed by atoms with Gasteiger partial charge in [-0.3, -0.25) is 14.5 Å². The SMILES string of the molecule is CCC(=O)N(CCN1CCOCC1)CC(=O)N1N=C(c2cccs2)C[C@H]1c1cc(OC)ccc1OC. The lowest BCUT2D eigenvalue weighted by molar-refractivity contribution is -0.141. The highest BCUT2D eigenvalue weighted by Gasteiger charge is 2.36. The summed E-state index contributed by atoms with van der Waals surface area (Å²) in [6, 6.07) is 9.18. The Kier molecular flexibility index (Phi) is 8.95. The van der Waals surface area contributed by atoms with Gasteiger partial charge in [-0.25, -0.2) is 5.01 Å². The predicted octanol–water partition coefficient (Wildman–Crippen LogP) is 3.01. The van der Waals surface area contributed by atoms with Gasteiger partial charge in [0.2, 0.25) is 5.91 Å². The van der Waals surface area contributed by atoms with Crippen LogP contribution >= 0.6 is 11.3 Å². The highest BCUT2D eigenvalue weighted by molar-refractivity contribution is 7.12. The third-order valence-corrected chi connectivity index (χ3v) is 7.46. The molecule has 4 rings (SSSR count). The Morgan fingerprint density at radius 3 is 2.67 bits per heavy atom. The second-order valence-electron chi connectivity index (χ2n) is 8.71. The van der Waals surface area contributed by atoms with E-state index in [4.69, 9.17) is 19.3 Å². The average molecular weight is 515 g/mol. The number of morpholine rings is 1. The Labute approximate surface area is 216 Å².